The molecule has 0 N–H and O–H groups in total. The summed E-state index contributed by atoms with van der Waals surface area (Å²) < 4.78 is 74.4. The van der Waals surface area contributed by atoms with E-state index in [4.69, 9.17) is 13.0 Å². The van der Waals surface area contributed by atoms with E-state index in [1.54, 1.807) is 12.1 Å². The first-order valence-electron chi connectivity index (χ1n) is 23.5. The average Bonchev–Trinajstić information content (AvgIpc) is 3.95. The molecule has 0 radical (unpaired) electrons. The summed E-state index contributed by atoms with van der Waals surface area (Å²) in [6, 6.07) is 31.9. The van der Waals surface area contributed by atoms with Crippen molar-refractivity contribution in [3.63, 3.8) is 0 Å². The molecule has 72 heavy (non-hydrogen) atoms. The summed E-state index contributed by atoms with van der Waals surface area (Å²) in [5, 5.41) is 1.12. The SMILES string of the molecule is BrCCCC[N+]1=Cc2ccccc2CC1.CS(=O)(=O)[O-].C[n+]1ccn(CCC[N+]2=Cc3ccccc3CC2)c1.C[n+]1ccn(CCC[N+]2=Cc3ccccc3CC2)c1.Cc1ccc(S(=O)(=O)[O-])cc1.[Br-].[Br-].[Br-]. The summed E-state index contributed by atoms with van der Waals surface area (Å²) in [5.41, 5.74) is 9.57. The molecule has 0 spiro atoms. The number of aromatic nitrogens is 4. The quantitative estimate of drug-likeness (QED) is 0.0515. The van der Waals surface area contributed by atoms with Crippen molar-refractivity contribution in [2.45, 2.75) is 69.9 Å². The Bertz CT molecular complexity index is 2770. The van der Waals surface area contributed by atoms with Crippen molar-refractivity contribution in [3.8, 4) is 0 Å². The maximum atomic E-state index is 10.4. The monoisotopic (exact) mass is 1280 g/mol. The summed E-state index contributed by atoms with van der Waals surface area (Å²) in [6.07, 6.45) is 28.7. The normalized spacial score (nSPS) is 13.0. The van der Waals surface area contributed by atoms with Gasteiger partial charge in [0.2, 0.25) is 12.7 Å². The predicted molar refractivity (Wildman–Crippen MR) is 274 cm³/mol. The number of imidazole rings is 2. The van der Waals surface area contributed by atoms with Gasteiger partial charge in [0.15, 0.2) is 18.6 Å². The molecule has 0 fully saturated rings. The van der Waals surface area contributed by atoms with Crippen LogP contribution in [0.4, 0.5) is 0 Å². The van der Waals surface area contributed by atoms with E-state index in [-0.39, 0.29) is 55.8 Å². The zero-order chi connectivity index (χ0) is 49.7. The van der Waals surface area contributed by atoms with Crippen molar-refractivity contribution in [1.82, 2.24) is 9.13 Å². The number of unbranched alkanes of at least 4 members (excludes halogenated alkanes) is 1. The second-order valence-corrected chi connectivity index (χ2v) is 21.1. The van der Waals surface area contributed by atoms with Gasteiger partial charge in [-0.3, -0.25) is 0 Å². The Kier molecular flexibility index (Phi) is 29.5. The van der Waals surface area contributed by atoms with Crippen LogP contribution >= 0.6 is 15.9 Å². The van der Waals surface area contributed by atoms with Crippen molar-refractivity contribution < 1.29 is 99.7 Å². The summed E-state index contributed by atoms with van der Waals surface area (Å²) >= 11 is 3.47. The van der Waals surface area contributed by atoms with Crippen molar-refractivity contribution in [2.75, 3.05) is 50.9 Å². The molecule has 3 aliphatic heterocycles. The lowest BCUT2D eigenvalue weighted by atomic mass is 10.0. The molecular formula is C53H69Br4N7O6S2. The van der Waals surface area contributed by atoms with Gasteiger partial charge in [-0.15, -0.1) is 0 Å². The number of fused-ring (bicyclic) bond motifs is 3. The zero-order valence-electron chi connectivity index (χ0n) is 41.7. The van der Waals surface area contributed by atoms with E-state index in [0.717, 1.165) is 50.2 Å². The van der Waals surface area contributed by atoms with Crippen molar-refractivity contribution in [1.29, 1.82) is 0 Å². The second kappa shape index (κ2) is 33.1. The minimum atomic E-state index is -4.27. The fourth-order valence-electron chi connectivity index (χ4n) is 8.06. The number of hydrogen-bond acceptors (Lipinski definition) is 6. The van der Waals surface area contributed by atoms with Gasteiger partial charge in [0.25, 0.3) is 0 Å². The molecule has 0 saturated carbocycles. The zero-order valence-corrected chi connectivity index (χ0v) is 49.6. The number of rotatable bonds is 13. The Morgan fingerprint density at radius 3 is 1.21 bits per heavy atom. The second-order valence-electron chi connectivity index (χ2n) is 17.5. The lowest BCUT2D eigenvalue weighted by Gasteiger charge is -2.11. The van der Waals surface area contributed by atoms with E-state index < -0.39 is 20.2 Å². The van der Waals surface area contributed by atoms with Crippen LogP contribution in [0.3, 0.4) is 0 Å². The molecule has 3 aliphatic rings. The molecule has 5 heterocycles. The van der Waals surface area contributed by atoms with Gasteiger partial charge in [0.1, 0.15) is 74.2 Å². The van der Waals surface area contributed by atoms with Gasteiger partial charge in [-0.1, -0.05) is 88.2 Å². The fourth-order valence-corrected chi connectivity index (χ4v) is 8.93. The molecule has 19 heteroatoms. The maximum absolute atomic E-state index is 10.4. The van der Waals surface area contributed by atoms with Gasteiger partial charge in [-0.05, 0) is 60.4 Å². The number of benzene rings is 4. The Labute approximate surface area is 468 Å². The Balaban J connectivity index is 0.000000320. The molecule has 9 rings (SSSR count). The Hall–Kier alpha value is -3.95. The fraction of sp³-hybridized carbons (Fsp3) is 0.377. The number of nitrogens with zero attached hydrogens (tertiary/aromatic N) is 7. The van der Waals surface area contributed by atoms with Crippen molar-refractivity contribution in [3.05, 3.63) is 173 Å². The summed E-state index contributed by atoms with van der Waals surface area (Å²) in [6.45, 7) is 10.9. The number of aryl methyl sites for hydroxylation is 5. The van der Waals surface area contributed by atoms with Crippen LogP contribution in [0.5, 0.6) is 0 Å². The summed E-state index contributed by atoms with van der Waals surface area (Å²) in [4.78, 5) is -0.178. The van der Waals surface area contributed by atoms with Gasteiger partial charge in [0, 0.05) is 66.8 Å². The van der Waals surface area contributed by atoms with Gasteiger partial charge in [-0.2, -0.15) is 0 Å². The van der Waals surface area contributed by atoms with Crippen LogP contribution in [0.15, 0.2) is 139 Å². The highest BCUT2D eigenvalue weighted by Gasteiger charge is 2.17. The smallest absolute Gasteiger partial charge is 0.243 e. The average molecular weight is 1280 g/mol. The Morgan fingerprint density at radius 2 is 0.889 bits per heavy atom. The molecule has 4 aromatic carbocycles. The molecule has 392 valence electrons. The molecule has 2 aromatic heterocycles. The van der Waals surface area contributed by atoms with Crippen molar-refractivity contribution in [2.24, 2.45) is 14.1 Å². The molecule has 0 amide bonds. The highest BCUT2D eigenvalue weighted by atomic mass is 79.9. The molecule has 6 aromatic rings. The summed E-state index contributed by atoms with van der Waals surface area (Å²) in [5.74, 6) is 0. The van der Waals surface area contributed by atoms with Gasteiger partial charge in [-0.25, -0.2) is 48.8 Å². The molecular weight excluding hydrogens is 1210 g/mol. The third kappa shape index (κ3) is 24.4. The van der Waals surface area contributed by atoms with Crippen LogP contribution in [0.1, 0.15) is 64.6 Å². The lowest BCUT2D eigenvalue weighted by Crippen LogP contribution is -3.00. The van der Waals surface area contributed by atoms with Gasteiger partial charge >= 0.3 is 0 Å². The third-order valence-electron chi connectivity index (χ3n) is 11.6. The van der Waals surface area contributed by atoms with E-state index in [1.807, 2.05) is 6.92 Å². The standard InChI is InChI=1S/2C16H21N3.C13H17BrN.C7H8O3S.CH4O3S.3BrH/c2*1-17-11-12-19(14-17)9-4-8-18-10-7-15-5-2-3-6-16(15)13-18;14-8-3-4-9-15-10-7-12-5-1-2-6-13(12)11-15;1-6-2-4-7(5-3-6)11(8,9)10;1-5(2,3)4;;;/h2*2-3,5-6,11-14H,4,7-10H2,1H3;1-2,5-6,11H,3-4,7-10H2;2-5H,1H3,(H,8,9,10);1H3,(H,2,3,4);3*1H/q2*+2;+1;;;;;/p-5. The minimum absolute atomic E-state index is 0. The minimum Gasteiger partial charge on any atom is -1.00 e. The number of alkyl halides is 1. The maximum Gasteiger partial charge on any atom is 0.243 e. The molecule has 0 aliphatic carbocycles. The molecule has 0 atom stereocenters. The summed E-state index contributed by atoms with van der Waals surface area (Å²) in [7, 11) is -4.06. The first-order chi connectivity index (χ1) is 33.0. The number of hydrogen-bond donors (Lipinski definition) is 0. The Morgan fingerprint density at radius 1 is 0.542 bits per heavy atom. The van der Waals surface area contributed by atoms with Crippen LogP contribution in [0.25, 0.3) is 0 Å². The largest absolute Gasteiger partial charge is 1.00 e. The van der Waals surface area contributed by atoms with Crippen LogP contribution < -0.4 is 60.1 Å². The molecule has 0 saturated heterocycles. The first kappa shape index (κ1) is 64.2. The highest BCUT2D eigenvalue weighted by Crippen LogP contribution is 2.14. The highest BCUT2D eigenvalue weighted by molar-refractivity contribution is 9.09. The van der Waals surface area contributed by atoms with Crippen LogP contribution in [-0.4, -0.2) is 118 Å². The predicted octanol–water partition coefficient (Wildman–Crippen LogP) is -3.30. The molecule has 0 bridgehead atoms. The molecule has 0 unspecified atom stereocenters. The van der Waals surface area contributed by atoms with Crippen LogP contribution in [0.2, 0.25) is 0 Å². The van der Waals surface area contributed by atoms with E-state index in [0.29, 0.717) is 6.26 Å². The van der Waals surface area contributed by atoms with E-state index in [9.17, 15) is 13.0 Å². The first-order valence-corrected chi connectivity index (χ1v) is 27.9. The van der Waals surface area contributed by atoms with E-state index in [2.05, 4.69) is 191 Å². The van der Waals surface area contributed by atoms with Crippen LogP contribution in [-0.2, 0) is 66.7 Å². The van der Waals surface area contributed by atoms with E-state index in [1.165, 1.54) is 104 Å². The number of halogens is 4. The third-order valence-corrected chi connectivity index (χ3v) is 13.1. The van der Waals surface area contributed by atoms with E-state index >= 15 is 0 Å². The lowest BCUT2D eigenvalue weighted by molar-refractivity contribution is -0.671. The van der Waals surface area contributed by atoms with Crippen LogP contribution in [0, 0.1) is 6.92 Å². The topological polar surface area (TPSA) is 141 Å². The van der Waals surface area contributed by atoms with Gasteiger partial charge in [0.05, 0.1) is 42.2 Å². The molecule has 13 nitrogen and oxygen atoms in total. The van der Waals surface area contributed by atoms with Gasteiger partial charge < -0.3 is 60.0 Å². The van der Waals surface area contributed by atoms with Crippen molar-refractivity contribution >= 4 is 54.8 Å².